The van der Waals surface area contributed by atoms with Crippen LogP contribution in [0.5, 0.6) is 0 Å². The third-order valence-electron chi connectivity index (χ3n) is 4.12. The van der Waals surface area contributed by atoms with Crippen molar-refractivity contribution >= 4 is 46.2 Å². The molecule has 0 aromatic heterocycles. The standard InChI is InChI=1S/C18H19Cl2N3S/c19-16-7-6-15(12-17(16)20)22-8-10-23(11-9-22)18(24)21-13-14-4-2-1-3-5-14/h1-7,12H,8-11,13H2,(H,21,24). The van der Waals surface area contributed by atoms with E-state index in [1.54, 1.807) is 0 Å². The predicted octanol–water partition coefficient (Wildman–Crippen LogP) is 4.19. The summed E-state index contributed by atoms with van der Waals surface area (Å²) < 4.78 is 0. The highest BCUT2D eigenvalue weighted by atomic mass is 35.5. The molecule has 1 aliphatic rings. The summed E-state index contributed by atoms with van der Waals surface area (Å²) in [5, 5.41) is 5.34. The quantitative estimate of drug-likeness (QED) is 0.805. The van der Waals surface area contributed by atoms with Gasteiger partial charge in [-0.3, -0.25) is 0 Å². The summed E-state index contributed by atoms with van der Waals surface area (Å²) in [5.41, 5.74) is 2.33. The highest BCUT2D eigenvalue weighted by Crippen LogP contribution is 2.27. The van der Waals surface area contributed by atoms with Gasteiger partial charge in [0.05, 0.1) is 10.0 Å². The van der Waals surface area contributed by atoms with Crippen molar-refractivity contribution in [1.82, 2.24) is 10.2 Å². The maximum atomic E-state index is 6.11. The van der Waals surface area contributed by atoms with Crippen molar-refractivity contribution in [1.29, 1.82) is 0 Å². The monoisotopic (exact) mass is 379 g/mol. The largest absolute Gasteiger partial charge is 0.368 e. The van der Waals surface area contributed by atoms with Crippen molar-refractivity contribution in [3.63, 3.8) is 0 Å². The van der Waals surface area contributed by atoms with Gasteiger partial charge in [-0.1, -0.05) is 53.5 Å². The van der Waals surface area contributed by atoms with Crippen LogP contribution in [0.1, 0.15) is 5.56 Å². The fourth-order valence-electron chi connectivity index (χ4n) is 2.73. The number of nitrogens with one attached hydrogen (secondary N) is 1. The Balaban J connectivity index is 1.51. The summed E-state index contributed by atoms with van der Waals surface area (Å²) in [5.74, 6) is 0. The normalized spacial score (nSPS) is 14.6. The first kappa shape index (κ1) is 17.3. The second kappa shape index (κ2) is 8.06. The molecule has 0 aliphatic carbocycles. The molecule has 1 aliphatic heterocycles. The van der Waals surface area contributed by atoms with E-state index in [-0.39, 0.29) is 0 Å². The fourth-order valence-corrected chi connectivity index (χ4v) is 3.28. The minimum absolute atomic E-state index is 0.588. The molecule has 3 rings (SSSR count). The number of anilines is 1. The lowest BCUT2D eigenvalue weighted by Gasteiger charge is -2.37. The Labute approximate surface area is 158 Å². The third-order valence-corrected chi connectivity index (χ3v) is 5.26. The smallest absolute Gasteiger partial charge is 0.169 e. The lowest BCUT2D eigenvalue weighted by atomic mass is 10.2. The Morgan fingerprint density at radius 2 is 1.67 bits per heavy atom. The Morgan fingerprint density at radius 1 is 0.958 bits per heavy atom. The van der Waals surface area contributed by atoms with Crippen molar-refractivity contribution in [3.8, 4) is 0 Å². The number of halogens is 2. The van der Waals surface area contributed by atoms with E-state index >= 15 is 0 Å². The van der Waals surface area contributed by atoms with Gasteiger partial charge in [0, 0.05) is 38.4 Å². The summed E-state index contributed by atoms with van der Waals surface area (Å²) in [6.07, 6.45) is 0. The van der Waals surface area contributed by atoms with Crippen LogP contribution in [0.4, 0.5) is 5.69 Å². The molecule has 6 heteroatoms. The molecule has 126 valence electrons. The van der Waals surface area contributed by atoms with E-state index in [9.17, 15) is 0 Å². The van der Waals surface area contributed by atoms with E-state index in [4.69, 9.17) is 35.4 Å². The average molecular weight is 380 g/mol. The first-order chi connectivity index (χ1) is 11.6. The van der Waals surface area contributed by atoms with E-state index in [1.165, 1.54) is 5.56 Å². The molecule has 0 amide bonds. The molecule has 0 atom stereocenters. The van der Waals surface area contributed by atoms with Crippen LogP contribution >= 0.6 is 35.4 Å². The molecule has 0 spiro atoms. The topological polar surface area (TPSA) is 18.5 Å². The zero-order valence-corrected chi connectivity index (χ0v) is 15.5. The summed E-state index contributed by atoms with van der Waals surface area (Å²) in [7, 11) is 0. The first-order valence-electron chi connectivity index (χ1n) is 7.90. The van der Waals surface area contributed by atoms with Gasteiger partial charge in [0.15, 0.2) is 5.11 Å². The molecule has 3 nitrogen and oxygen atoms in total. The zero-order valence-electron chi connectivity index (χ0n) is 13.2. The molecule has 1 N–H and O–H groups in total. The van der Waals surface area contributed by atoms with Crippen LogP contribution in [-0.4, -0.2) is 36.2 Å². The molecule has 1 saturated heterocycles. The lowest BCUT2D eigenvalue weighted by Crippen LogP contribution is -2.51. The molecule has 0 bridgehead atoms. The number of piperazine rings is 1. The number of nitrogens with zero attached hydrogens (tertiary/aromatic N) is 2. The van der Waals surface area contributed by atoms with Gasteiger partial charge in [0.2, 0.25) is 0 Å². The Morgan fingerprint density at radius 3 is 2.33 bits per heavy atom. The summed E-state index contributed by atoms with van der Waals surface area (Å²) in [6.45, 7) is 4.35. The van der Waals surface area contributed by atoms with Crippen LogP contribution in [0.25, 0.3) is 0 Å². The number of thiocarbonyl (C=S) groups is 1. The van der Waals surface area contributed by atoms with Crippen LogP contribution in [0.3, 0.4) is 0 Å². The van der Waals surface area contributed by atoms with Gasteiger partial charge in [-0.15, -0.1) is 0 Å². The maximum absolute atomic E-state index is 6.11. The van der Waals surface area contributed by atoms with Gasteiger partial charge in [-0.25, -0.2) is 0 Å². The van der Waals surface area contributed by atoms with Crippen molar-refractivity contribution in [3.05, 3.63) is 64.1 Å². The maximum Gasteiger partial charge on any atom is 0.169 e. The fraction of sp³-hybridized carbons (Fsp3) is 0.278. The van der Waals surface area contributed by atoms with E-state index in [1.807, 2.05) is 36.4 Å². The summed E-state index contributed by atoms with van der Waals surface area (Å²) in [6, 6.07) is 16.1. The van der Waals surface area contributed by atoms with Crippen molar-refractivity contribution in [2.75, 3.05) is 31.1 Å². The molecule has 0 saturated carbocycles. The van der Waals surface area contributed by atoms with E-state index < -0.39 is 0 Å². The number of hydrogen-bond donors (Lipinski definition) is 1. The van der Waals surface area contributed by atoms with E-state index in [0.29, 0.717) is 10.0 Å². The van der Waals surface area contributed by atoms with Crippen LogP contribution in [0.15, 0.2) is 48.5 Å². The van der Waals surface area contributed by atoms with Gasteiger partial charge < -0.3 is 15.1 Å². The van der Waals surface area contributed by atoms with E-state index in [0.717, 1.165) is 43.5 Å². The molecular formula is C18H19Cl2N3S. The second-order valence-electron chi connectivity index (χ2n) is 5.72. The van der Waals surface area contributed by atoms with E-state index in [2.05, 4.69) is 27.2 Å². The summed E-state index contributed by atoms with van der Waals surface area (Å²) in [4.78, 5) is 4.52. The average Bonchev–Trinajstić information content (AvgIpc) is 2.63. The number of rotatable bonds is 3. The molecular weight excluding hydrogens is 361 g/mol. The molecule has 0 unspecified atom stereocenters. The Kier molecular flexibility index (Phi) is 5.82. The molecule has 1 heterocycles. The first-order valence-corrected chi connectivity index (χ1v) is 9.06. The number of benzene rings is 2. The zero-order chi connectivity index (χ0) is 16.9. The van der Waals surface area contributed by atoms with Crippen molar-refractivity contribution in [2.45, 2.75) is 6.54 Å². The highest BCUT2D eigenvalue weighted by Gasteiger charge is 2.19. The Hall–Kier alpha value is -1.49. The minimum Gasteiger partial charge on any atom is -0.368 e. The Bertz CT molecular complexity index is 701. The predicted molar refractivity (Wildman–Crippen MR) is 106 cm³/mol. The van der Waals surface area contributed by atoms with Gasteiger partial charge in [-0.05, 0) is 36.0 Å². The summed E-state index contributed by atoms with van der Waals surface area (Å²) >= 11 is 17.6. The van der Waals surface area contributed by atoms with Gasteiger partial charge >= 0.3 is 0 Å². The van der Waals surface area contributed by atoms with Crippen molar-refractivity contribution < 1.29 is 0 Å². The molecule has 2 aromatic rings. The van der Waals surface area contributed by atoms with Gasteiger partial charge in [-0.2, -0.15) is 0 Å². The van der Waals surface area contributed by atoms with Crippen LogP contribution < -0.4 is 10.2 Å². The van der Waals surface area contributed by atoms with Crippen LogP contribution in [-0.2, 0) is 6.54 Å². The highest BCUT2D eigenvalue weighted by molar-refractivity contribution is 7.80. The molecule has 0 radical (unpaired) electrons. The van der Waals surface area contributed by atoms with Crippen LogP contribution in [0.2, 0.25) is 10.0 Å². The van der Waals surface area contributed by atoms with Gasteiger partial charge in [0.25, 0.3) is 0 Å². The van der Waals surface area contributed by atoms with Crippen molar-refractivity contribution in [2.24, 2.45) is 0 Å². The van der Waals surface area contributed by atoms with Crippen LogP contribution in [0, 0.1) is 0 Å². The second-order valence-corrected chi connectivity index (χ2v) is 6.92. The lowest BCUT2D eigenvalue weighted by molar-refractivity contribution is 0.380. The molecule has 1 fully saturated rings. The minimum atomic E-state index is 0.588. The third kappa shape index (κ3) is 4.32. The molecule has 24 heavy (non-hydrogen) atoms. The number of hydrogen-bond acceptors (Lipinski definition) is 2. The van der Waals surface area contributed by atoms with Gasteiger partial charge in [0.1, 0.15) is 0 Å². The molecule has 2 aromatic carbocycles. The SMILES string of the molecule is S=C(NCc1ccccc1)N1CCN(c2ccc(Cl)c(Cl)c2)CC1.